The summed E-state index contributed by atoms with van der Waals surface area (Å²) < 4.78 is 24.8. The van der Waals surface area contributed by atoms with Crippen LogP contribution in [0.15, 0.2) is 18.2 Å². The Hall–Kier alpha value is -1.40. The first-order valence-corrected chi connectivity index (χ1v) is 8.61. The Balaban J connectivity index is 2.86. The molecule has 1 aromatic carbocycles. The fourth-order valence-corrected chi connectivity index (χ4v) is 3.35. The van der Waals surface area contributed by atoms with Gasteiger partial charge in [0.05, 0.1) is 12.8 Å². The third-order valence-corrected chi connectivity index (χ3v) is 4.70. The lowest BCUT2D eigenvalue weighted by molar-refractivity contribution is -0.117. The van der Waals surface area contributed by atoms with Crippen molar-refractivity contribution in [3.63, 3.8) is 0 Å². The van der Waals surface area contributed by atoms with Gasteiger partial charge in [-0.25, -0.2) is 8.42 Å². The quantitative estimate of drug-likeness (QED) is 0.927. The van der Waals surface area contributed by atoms with Crippen molar-refractivity contribution in [3.8, 4) is 0 Å². The smallest absolute Gasteiger partial charge is 0.239 e. The van der Waals surface area contributed by atoms with E-state index in [2.05, 4.69) is 5.32 Å². The summed E-state index contributed by atoms with van der Waals surface area (Å²) in [5, 5.41) is 2.74. The maximum atomic E-state index is 12.1. The van der Waals surface area contributed by atoms with Gasteiger partial charge in [0, 0.05) is 11.2 Å². The van der Waals surface area contributed by atoms with Crippen molar-refractivity contribution in [2.45, 2.75) is 40.2 Å². The summed E-state index contributed by atoms with van der Waals surface area (Å²) in [6.07, 6.45) is 1.11. The summed E-state index contributed by atoms with van der Waals surface area (Å²) in [5.41, 5.74) is 2.24. The molecule has 1 aromatic rings. The number of nitrogens with one attached hydrogen (secondary N) is 1. The van der Waals surface area contributed by atoms with E-state index in [1.54, 1.807) is 20.8 Å². The Bertz CT molecular complexity index is 631. The molecule has 0 spiro atoms. The van der Waals surface area contributed by atoms with Crippen molar-refractivity contribution < 1.29 is 13.2 Å². The normalized spacial score (nSPS) is 12.5. The van der Waals surface area contributed by atoms with Crippen LogP contribution >= 0.6 is 0 Å². The van der Waals surface area contributed by atoms with Crippen LogP contribution < -0.4 is 5.32 Å². The first kappa shape index (κ1) is 17.7. The van der Waals surface area contributed by atoms with Gasteiger partial charge in [0.15, 0.2) is 0 Å². The Kier molecular flexibility index (Phi) is 5.17. The summed E-state index contributed by atoms with van der Waals surface area (Å²) in [5.74, 6) is -0.349. The van der Waals surface area contributed by atoms with Crippen LogP contribution in [-0.4, -0.2) is 37.0 Å². The van der Waals surface area contributed by atoms with Gasteiger partial charge in [-0.2, -0.15) is 4.31 Å². The van der Waals surface area contributed by atoms with Crippen LogP contribution in [0.4, 0.5) is 5.69 Å². The molecule has 0 unspecified atom stereocenters. The number of carbonyl (C=O) groups excluding carboxylic acids is 1. The first-order valence-electron chi connectivity index (χ1n) is 6.76. The van der Waals surface area contributed by atoms with Gasteiger partial charge >= 0.3 is 0 Å². The van der Waals surface area contributed by atoms with Crippen LogP contribution in [0.1, 0.15) is 31.9 Å². The standard InChI is InChI=1S/C15H24N2O3S/c1-11-7-8-13(9-12(11)2)16-14(18)10-17(15(3,4)5)21(6,19)20/h7-9H,10H2,1-6H3,(H,16,18). The summed E-state index contributed by atoms with van der Waals surface area (Å²) in [7, 11) is -3.45. The molecule has 1 rings (SSSR count). The molecule has 0 aliphatic rings. The molecule has 5 nitrogen and oxygen atoms in total. The number of hydrogen-bond acceptors (Lipinski definition) is 3. The number of amides is 1. The van der Waals surface area contributed by atoms with Crippen LogP contribution in [0, 0.1) is 13.8 Å². The van der Waals surface area contributed by atoms with Gasteiger partial charge in [0.1, 0.15) is 0 Å². The minimum Gasteiger partial charge on any atom is -0.325 e. The summed E-state index contributed by atoms with van der Waals surface area (Å²) in [4.78, 5) is 12.1. The number of sulfonamides is 1. The second kappa shape index (κ2) is 6.15. The Morgan fingerprint density at radius 2 is 1.76 bits per heavy atom. The number of carbonyl (C=O) groups is 1. The highest BCUT2D eigenvalue weighted by atomic mass is 32.2. The highest BCUT2D eigenvalue weighted by Gasteiger charge is 2.31. The number of aryl methyl sites for hydroxylation is 2. The highest BCUT2D eigenvalue weighted by Crippen LogP contribution is 2.18. The Morgan fingerprint density at radius 1 is 1.19 bits per heavy atom. The van der Waals surface area contributed by atoms with E-state index in [4.69, 9.17) is 0 Å². The lowest BCUT2D eigenvalue weighted by Gasteiger charge is -2.32. The molecule has 21 heavy (non-hydrogen) atoms. The topological polar surface area (TPSA) is 66.5 Å². The van der Waals surface area contributed by atoms with E-state index < -0.39 is 15.6 Å². The lowest BCUT2D eigenvalue weighted by Crippen LogP contribution is -2.48. The third kappa shape index (κ3) is 5.13. The molecule has 0 saturated carbocycles. The zero-order valence-corrected chi connectivity index (χ0v) is 14.3. The zero-order chi connectivity index (χ0) is 16.4. The SMILES string of the molecule is Cc1ccc(NC(=O)CN(C(C)(C)C)S(C)(=O)=O)cc1C. The van der Waals surface area contributed by atoms with E-state index in [1.165, 1.54) is 4.31 Å². The largest absolute Gasteiger partial charge is 0.325 e. The third-order valence-electron chi connectivity index (χ3n) is 3.23. The minimum atomic E-state index is -3.45. The fraction of sp³-hybridized carbons (Fsp3) is 0.533. The molecule has 0 saturated heterocycles. The molecular formula is C15H24N2O3S. The predicted octanol–water partition coefficient (Wildman–Crippen LogP) is 2.30. The van der Waals surface area contributed by atoms with E-state index in [0.29, 0.717) is 5.69 Å². The minimum absolute atomic E-state index is 0.199. The van der Waals surface area contributed by atoms with E-state index in [1.807, 2.05) is 32.0 Å². The second-order valence-electron chi connectivity index (χ2n) is 6.29. The van der Waals surface area contributed by atoms with Crippen LogP contribution in [-0.2, 0) is 14.8 Å². The predicted molar refractivity (Wildman–Crippen MR) is 85.8 cm³/mol. The molecule has 118 valence electrons. The van der Waals surface area contributed by atoms with Crippen molar-refractivity contribution in [2.24, 2.45) is 0 Å². The Morgan fingerprint density at radius 3 is 2.19 bits per heavy atom. The lowest BCUT2D eigenvalue weighted by atomic mass is 10.1. The second-order valence-corrected chi connectivity index (χ2v) is 8.19. The molecule has 0 bridgehead atoms. The molecule has 0 atom stereocenters. The number of nitrogens with zero attached hydrogens (tertiary/aromatic N) is 1. The van der Waals surface area contributed by atoms with E-state index in [9.17, 15) is 13.2 Å². The van der Waals surface area contributed by atoms with Gasteiger partial charge < -0.3 is 5.32 Å². The maximum Gasteiger partial charge on any atom is 0.239 e. The van der Waals surface area contributed by atoms with Crippen molar-refractivity contribution in [3.05, 3.63) is 29.3 Å². The number of rotatable bonds is 4. The van der Waals surface area contributed by atoms with Gasteiger partial charge in [0.2, 0.25) is 15.9 Å². The Labute approximate surface area is 127 Å². The number of anilines is 1. The maximum absolute atomic E-state index is 12.1. The van der Waals surface area contributed by atoms with E-state index >= 15 is 0 Å². The summed E-state index contributed by atoms with van der Waals surface area (Å²) in [6.45, 7) is 9.04. The van der Waals surface area contributed by atoms with Crippen molar-refractivity contribution in [1.29, 1.82) is 0 Å². The molecule has 0 aliphatic carbocycles. The number of hydrogen-bond donors (Lipinski definition) is 1. The molecule has 0 radical (unpaired) electrons. The van der Waals surface area contributed by atoms with Crippen LogP contribution in [0.3, 0.4) is 0 Å². The summed E-state index contributed by atoms with van der Waals surface area (Å²) in [6, 6.07) is 5.60. The highest BCUT2D eigenvalue weighted by molar-refractivity contribution is 7.88. The van der Waals surface area contributed by atoms with Gasteiger partial charge in [-0.3, -0.25) is 4.79 Å². The zero-order valence-electron chi connectivity index (χ0n) is 13.5. The van der Waals surface area contributed by atoms with Gasteiger partial charge in [-0.1, -0.05) is 6.07 Å². The molecule has 0 aromatic heterocycles. The van der Waals surface area contributed by atoms with Gasteiger partial charge in [-0.05, 0) is 57.9 Å². The van der Waals surface area contributed by atoms with E-state index in [0.717, 1.165) is 17.4 Å². The molecule has 0 heterocycles. The molecular weight excluding hydrogens is 288 g/mol. The monoisotopic (exact) mass is 312 g/mol. The van der Waals surface area contributed by atoms with Gasteiger partial charge in [0.25, 0.3) is 0 Å². The molecule has 6 heteroatoms. The average molecular weight is 312 g/mol. The molecule has 1 amide bonds. The summed E-state index contributed by atoms with van der Waals surface area (Å²) >= 11 is 0. The average Bonchev–Trinajstić information content (AvgIpc) is 2.28. The fourth-order valence-electron chi connectivity index (χ4n) is 2.00. The molecule has 0 fully saturated rings. The van der Waals surface area contributed by atoms with Crippen molar-refractivity contribution >= 4 is 21.6 Å². The van der Waals surface area contributed by atoms with E-state index in [-0.39, 0.29) is 12.5 Å². The first-order chi connectivity index (χ1) is 9.41. The number of benzene rings is 1. The molecule has 1 N–H and O–H groups in total. The van der Waals surface area contributed by atoms with Crippen LogP contribution in [0.5, 0.6) is 0 Å². The van der Waals surface area contributed by atoms with Crippen molar-refractivity contribution in [2.75, 3.05) is 18.1 Å². The van der Waals surface area contributed by atoms with Crippen LogP contribution in [0.2, 0.25) is 0 Å². The van der Waals surface area contributed by atoms with Crippen LogP contribution in [0.25, 0.3) is 0 Å². The molecule has 0 aliphatic heterocycles. The van der Waals surface area contributed by atoms with Gasteiger partial charge in [-0.15, -0.1) is 0 Å². The van der Waals surface area contributed by atoms with Crippen molar-refractivity contribution in [1.82, 2.24) is 4.31 Å².